The van der Waals surface area contributed by atoms with E-state index in [0.29, 0.717) is 30.2 Å². The molecule has 1 aromatic rings. The third kappa shape index (κ3) is 3.87. The molecule has 0 aromatic heterocycles. The van der Waals surface area contributed by atoms with E-state index < -0.39 is 11.9 Å². The molecule has 2 fully saturated rings. The summed E-state index contributed by atoms with van der Waals surface area (Å²) < 4.78 is 16.6. The predicted molar refractivity (Wildman–Crippen MR) is 112 cm³/mol. The molecule has 1 unspecified atom stereocenters. The Balaban J connectivity index is 1.54. The molecule has 2 saturated heterocycles. The Bertz CT molecular complexity index is 876. The Morgan fingerprint density at radius 3 is 2.35 bits per heavy atom. The molecule has 0 bridgehead atoms. The van der Waals surface area contributed by atoms with Crippen LogP contribution in [0.1, 0.15) is 41.6 Å². The highest BCUT2D eigenvalue weighted by Gasteiger charge is 2.41. The van der Waals surface area contributed by atoms with Gasteiger partial charge in [0.15, 0.2) is 6.29 Å². The van der Waals surface area contributed by atoms with Gasteiger partial charge in [-0.1, -0.05) is 0 Å². The maximum Gasteiger partial charge on any atom is 0.255 e. The lowest BCUT2D eigenvalue weighted by Gasteiger charge is -2.36. The number of imide groups is 1. The zero-order chi connectivity index (χ0) is 22.1. The van der Waals surface area contributed by atoms with E-state index in [2.05, 4.69) is 10.2 Å². The van der Waals surface area contributed by atoms with Crippen molar-refractivity contribution in [2.24, 2.45) is 5.92 Å². The fourth-order valence-electron chi connectivity index (χ4n) is 4.97. The molecular weight excluding hydrogens is 402 g/mol. The van der Waals surface area contributed by atoms with Crippen molar-refractivity contribution in [1.29, 1.82) is 0 Å². The maximum absolute atomic E-state index is 13.0. The first-order valence-electron chi connectivity index (χ1n) is 10.6. The number of piperidine rings is 2. The van der Waals surface area contributed by atoms with E-state index in [0.717, 1.165) is 37.2 Å². The quantitative estimate of drug-likeness (QED) is 0.535. The van der Waals surface area contributed by atoms with Crippen LogP contribution in [0.3, 0.4) is 0 Å². The van der Waals surface area contributed by atoms with Gasteiger partial charge in [-0.25, -0.2) is 0 Å². The summed E-state index contributed by atoms with van der Waals surface area (Å²) in [5.41, 5.74) is 2.30. The largest absolute Gasteiger partial charge is 0.494 e. The van der Waals surface area contributed by atoms with Crippen LogP contribution in [0.2, 0.25) is 0 Å². The van der Waals surface area contributed by atoms with Gasteiger partial charge in [0.05, 0.1) is 19.3 Å². The van der Waals surface area contributed by atoms with Gasteiger partial charge in [0.25, 0.3) is 5.91 Å². The fourth-order valence-corrected chi connectivity index (χ4v) is 4.97. The van der Waals surface area contributed by atoms with Crippen LogP contribution in [0.15, 0.2) is 12.1 Å². The van der Waals surface area contributed by atoms with E-state index >= 15 is 0 Å². The number of fused-ring (bicyclic) bond motifs is 1. The second-order valence-corrected chi connectivity index (χ2v) is 8.21. The van der Waals surface area contributed by atoms with Crippen molar-refractivity contribution in [2.45, 2.75) is 44.6 Å². The molecule has 0 saturated carbocycles. The first-order valence-corrected chi connectivity index (χ1v) is 10.6. The Morgan fingerprint density at radius 2 is 1.74 bits per heavy atom. The lowest BCUT2D eigenvalue weighted by Crippen LogP contribution is -2.52. The molecule has 1 atom stereocenters. The Kier molecular flexibility index (Phi) is 6.15. The number of anilines is 1. The number of nitrogens with one attached hydrogen (secondary N) is 1. The first-order chi connectivity index (χ1) is 15.0. The van der Waals surface area contributed by atoms with Crippen molar-refractivity contribution in [3.8, 4) is 5.75 Å². The summed E-state index contributed by atoms with van der Waals surface area (Å²) in [4.78, 5) is 40.6. The minimum absolute atomic E-state index is 0.198. The van der Waals surface area contributed by atoms with Crippen LogP contribution in [0, 0.1) is 5.92 Å². The van der Waals surface area contributed by atoms with Gasteiger partial charge in [0.2, 0.25) is 11.8 Å². The zero-order valence-corrected chi connectivity index (χ0v) is 18.2. The average molecular weight is 431 g/mol. The van der Waals surface area contributed by atoms with Gasteiger partial charge >= 0.3 is 0 Å². The number of benzene rings is 1. The number of hydrogen-bond acceptors (Lipinski definition) is 7. The molecule has 3 aliphatic heterocycles. The van der Waals surface area contributed by atoms with Crippen LogP contribution in [0.25, 0.3) is 0 Å². The number of methoxy groups -OCH3 is 3. The molecule has 0 aliphatic carbocycles. The van der Waals surface area contributed by atoms with Crippen LogP contribution < -0.4 is 15.0 Å². The van der Waals surface area contributed by atoms with E-state index in [1.54, 1.807) is 26.2 Å². The molecule has 4 rings (SSSR count). The Labute approximate surface area is 181 Å². The Morgan fingerprint density at radius 1 is 1.03 bits per heavy atom. The second kappa shape index (κ2) is 8.84. The van der Waals surface area contributed by atoms with Crippen molar-refractivity contribution in [3.63, 3.8) is 0 Å². The minimum atomic E-state index is -0.637. The van der Waals surface area contributed by atoms with Crippen LogP contribution in [-0.4, -0.2) is 69.4 Å². The molecule has 168 valence electrons. The number of ether oxygens (including phenoxy) is 3. The second-order valence-electron chi connectivity index (χ2n) is 8.21. The van der Waals surface area contributed by atoms with Crippen molar-refractivity contribution >= 4 is 23.4 Å². The summed E-state index contributed by atoms with van der Waals surface area (Å²) in [6.45, 7) is 1.95. The van der Waals surface area contributed by atoms with Crippen LogP contribution >= 0.6 is 0 Å². The van der Waals surface area contributed by atoms with Crippen molar-refractivity contribution in [3.05, 3.63) is 23.3 Å². The van der Waals surface area contributed by atoms with Gasteiger partial charge in [-0.15, -0.1) is 0 Å². The molecular formula is C22H29N3O6. The molecule has 9 heteroatoms. The highest BCUT2D eigenvalue weighted by molar-refractivity contribution is 6.06. The summed E-state index contributed by atoms with van der Waals surface area (Å²) in [6, 6.07) is 3.11. The van der Waals surface area contributed by atoms with E-state index in [9.17, 15) is 14.4 Å². The summed E-state index contributed by atoms with van der Waals surface area (Å²) in [5, 5.41) is 2.34. The van der Waals surface area contributed by atoms with Gasteiger partial charge in [0, 0.05) is 50.8 Å². The van der Waals surface area contributed by atoms with Crippen molar-refractivity contribution in [2.75, 3.05) is 39.3 Å². The smallest absolute Gasteiger partial charge is 0.255 e. The van der Waals surface area contributed by atoms with E-state index in [-0.39, 0.29) is 24.5 Å². The molecule has 31 heavy (non-hydrogen) atoms. The molecule has 1 N–H and O–H groups in total. The average Bonchev–Trinajstić information content (AvgIpc) is 3.11. The number of hydrogen-bond donors (Lipinski definition) is 1. The predicted octanol–water partition coefficient (Wildman–Crippen LogP) is 1.29. The van der Waals surface area contributed by atoms with Crippen LogP contribution in [0.4, 0.5) is 5.69 Å². The molecule has 0 spiro atoms. The third-order valence-electron chi connectivity index (χ3n) is 6.58. The minimum Gasteiger partial charge on any atom is -0.494 e. The molecule has 9 nitrogen and oxygen atoms in total. The topological polar surface area (TPSA) is 97.4 Å². The van der Waals surface area contributed by atoms with Gasteiger partial charge < -0.3 is 24.0 Å². The molecule has 1 aromatic carbocycles. The van der Waals surface area contributed by atoms with Crippen LogP contribution in [-0.2, 0) is 25.6 Å². The first kappa shape index (κ1) is 21.6. The van der Waals surface area contributed by atoms with Gasteiger partial charge in [0.1, 0.15) is 11.8 Å². The van der Waals surface area contributed by atoms with Crippen molar-refractivity contribution in [1.82, 2.24) is 10.2 Å². The highest BCUT2D eigenvalue weighted by atomic mass is 16.7. The van der Waals surface area contributed by atoms with Gasteiger partial charge in [-0.05, 0) is 31.4 Å². The van der Waals surface area contributed by atoms with Gasteiger partial charge in [-0.3, -0.25) is 19.7 Å². The number of amides is 3. The number of rotatable bonds is 6. The SMILES string of the molecule is COc1c(N2CCC(C(OC)OC)CC2)ccc2c1CN(C1CCC(=O)NC1=O)C2=O. The number of carbonyl (C=O) groups is 3. The lowest BCUT2D eigenvalue weighted by atomic mass is 9.95. The van der Waals surface area contributed by atoms with E-state index in [4.69, 9.17) is 14.2 Å². The summed E-state index contributed by atoms with van der Waals surface area (Å²) >= 11 is 0. The van der Waals surface area contributed by atoms with Gasteiger partial charge in [-0.2, -0.15) is 0 Å². The zero-order valence-electron chi connectivity index (χ0n) is 18.2. The van der Waals surface area contributed by atoms with Crippen molar-refractivity contribution < 1.29 is 28.6 Å². The van der Waals surface area contributed by atoms with Crippen LogP contribution in [0.5, 0.6) is 5.75 Å². The number of nitrogens with zero attached hydrogens (tertiary/aromatic N) is 2. The fraction of sp³-hybridized carbons (Fsp3) is 0.591. The maximum atomic E-state index is 13.0. The summed E-state index contributed by atoms with van der Waals surface area (Å²) in [7, 11) is 4.93. The monoisotopic (exact) mass is 431 g/mol. The normalized spacial score (nSPS) is 22.2. The summed E-state index contributed by atoms with van der Waals surface area (Å²) in [5.74, 6) is 0.101. The Hall–Kier alpha value is -2.65. The molecule has 3 heterocycles. The third-order valence-corrected chi connectivity index (χ3v) is 6.58. The standard InChI is InChI=1S/C22H29N3O6/c1-29-19-15-12-25(17-6-7-18(26)23-20(17)27)21(28)14(15)4-5-16(19)24-10-8-13(9-11-24)22(30-2)31-3/h4-5,13,17,22H,6-12H2,1-3H3,(H,23,26,27). The lowest BCUT2D eigenvalue weighted by molar-refractivity contribution is -0.141. The van der Waals surface area contributed by atoms with E-state index in [1.807, 2.05) is 12.1 Å². The molecule has 3 amide bonds. The number of carbonyl (C=O) groups excluding carboxylic acids is 3. The highest BCUT2D eigenvalue weighted by Crippen LogP contribution is 2.41. The summed E-state index contributed by atoms with van der Waals surface area (Å²) in [6.07, 6.45) is 2.22. The van der Waals surface area contributed by atoms with E-state index in [1.165, 1.54) is 0 Å². The molecule has 3 aliphatic rings. The molecule has 0 radical (unpaired) electrons.